The van der Waals surface area contributed by atoms with Gasteiger partial charge < -0.3 is 0 Å². The molecule has 1 fully saturated rings. The van der Waals surface area contributed by atoms with Crippen molar-refractivity contribution >= 4 is 63.6 Å². The Hall–Kier alpha value is -4.78. The molecule has 2 bridgehead atoms. The Morgan fingerprint density at radius 3 is 2.18 bits per heavy atom. The second-order valence-electron chi connectivity index (χ2n) is 11.4. The molecule has 214 valence electrons. The van der Waals surface area contributed by atoms with E-state index < -0.39 is 17.3 Å². The van der Waals surface area contributed by atoms with Crippen molar-refractivity contribution in [3.8, 4) is 0 Å². The van der Waals surface area contributed by atoms with Crippen molar-refractivity contribution in [1.82, 2.24) is 5.43 Å². The van der Waals surface area contributed by atoms with E-state index in [9.17, 15) is 14.4 Å². The molecule has 2 atom stereocenters. The summed E-state index contributed by atoms with van der Waals surface area (Å²) in [5, 5.41) is 6.90. The number of imide groups is 1. The van der Waals surface area contributed by atoms with E-state index in [1.807, 2.05) is 84.9 Å². The van der Waals surface area contributed by atoms with Crippen LogP contribution in [0.15, 0.2) is 114 Å². The largest absolute Gasteiger partial charge is 0.274 e. The van der Waals surface area contributed by atoms with Crippen LogP contribution in [0.5, 0.6) is 0 Å². The highest BCUT2D eigenvalue weighted by atomic mass is 35.5. The summed E-state index contributed by atoms with van der Waals surface area (Å²) in [6.45, 7) is 0. The molecular weight excluding hydrogens is 593 g/mol. The number of carbonyl (C=O) groups excluding carboxylic acids is 3. The molecule has 4 aliphatic rings. The van der Waals surface area contributed by atoms with Crippen molar-refractivity contribution in [2.45, 2.75) is 11.3 Å². The topological polar surface area (TPSA) is 78.8 Å². The van der Waals surface area contributed by atoms with Gasteiger partial charge in [-0.25, -0.2) is 10.3 Å². The molecule has 1 saturated heterocycles. The van der Waals surface area contributed by atoms with Crippen LogP contribution in [0.4, 0.5) is 5.69 Å². The van der Waals surface area contributed by atoms with Gasteiger partial charge in [0.05, 0.1) is 28.0 Å². The Kier molecular flexibility index (Phi) is 6.02. The van der Waals surface area contributed by atoms with Crippen LogP contribution in [0, 0.1) is 11.8 Å². The molecule has 0 unspecified atom stereocenters. The Labute approximate surface area is 262 Å². The lowest BCUT2D eigenvalue weighted by molar-refractivity contribution is -0.122. The number of hydrogen-bond donors (Lipinski definition) is 1. The molecule has 0 aromatic heterocycles. The number of rotatable bonds is 4. The number of fused-ring (bicyclic) bond motifs is 1. The number of amides is 3. The number of hydrazone groups is 1. The van der Waals surface area contributed by atoms with Gasteiger partial charge in [-0.2, -0.15) is 5.10 Å². The summed E-state index contributed by atoms with van der Waals surface area (Å²) in [4.78, 5) is 43.5. The molecule has 0 spiro atoms. The van der Waals surface area contributed by atoms with Gasteiger partial charge >= 0.3 is 0 Å². The van der Waals surface area contributed by atoms with Gasteiger partial charge in [0.2, 0.25) is 11.8 Å². The number of hydrogen-bond acceptors (Lipinski definition) is 4. The number of anilines is 1. The number of benzene rings is 5. The summed E-state index contributed by atoms with van der Waals surface area (Å²) in [5.41, 5.74) is 6.08. The first kappa shape index (κ1) is 26.8. The second-order valence-corrected chi connectivity index (χ2v) is 12.2. The molecule has 1 heterocycles. The van der Waals surface area contributed by atoms with E-state index in [0.29, 0.717) is 16.3 Å². The molecule has 1 N–H and O–H groups in total. The van der Waals surface area contributed by atoms with Gasteiger partial charge in [0.15, 0.2) is 0 Å². The van der Waals surface area contributed by atoms with Crippen molar-refractivity contribution in [1.29, 1.82) is 0 Å². The van der Waals surface area contributed by atoms with Crippen LogP contribution in [-0.4, -0.2) is 23.9 Å². The predicted molar refractivity (Wildman–Crippen MR) is 171 cm³/mol. The molecule has 3 aliphatic carbocycles. The van der Waals surface area contributed by atoms with Crippen molar-refractivity contribution in [3.05, 3.63) is 147 Å². The highest BCUT2D eigenvalue weighted by Gasteiger charge is 2.68. The van der Waals surface area contributed by atoms with E-state index in [4.69, 9.17) is 23.2 Å². The van der Waals surface area contributed by atoms with Crippen molar-refractivity contribution < 1.29 is 14.4 Å². The van der Waals surface area contributed by atoms with Crippen molar-refractivity contribution in [3.63, 3.8) is 0 Å². The Morgan fingerprint density at radius 1 is 0.795 bits per heavy atom. The summed E-state index contributed by atoms with van der Waals surface area (Å²) < 4.78 is 0. The van der Waals surface area contributed by atoms with Crippen molar-refractivity contribution in [2.75, 3.05) is 4.90 Å². The first-order valence-electron chi connectivity index (χ1n) is 14.3. The molecule has 3 amide bonds. The molecule has 0 saturated carbocycles. The third-order valence-electron chi connectivity index (χ3n) is 9.30. The lowest BCUT2D eigenvalue weighted by atomic mass is 9.47. The van der Waals surface area contributed by atoms with Gasteiger partial charge in [0, 0.05) is 22.7 Å². The first-order chi connectivity index (χ1) is 21.4. The molecular formula is C36H23Cl2N3O3. The van der Waals surface area contributed by atoms with Crippen LogP contribution >= 0.6 is 23.2 Å². The van der Waals surface area contributed by atoms with Crippen LogP contribution in [0.1, 0.15) is 38.5 Å². The summed E-state index contributed by atoms with van der Waals surface area (Å²) in [6.07, 6.45) is 1.65. The maximum atomic E-state index is 14.5. The standard InChI is InChI=1S/C36H23Cl2N3O3/c37-21-16-17-29(28(38)18-21)41-34(43)31-30-24-11-3-5-14-26(24)36(32(31)35(41)44,27-15-6-4-12-25(27)30)19-39-40-33(42)23-13-7-9-20-8-1-2-10-22(20)23/h1-19,30-32H,(H,40,42)/b39-19-/t30?,31-,32+,36?/m1/s1. The van der Waals surface area contributed by atoms with Crippen LogP contribution < -0.4 is 10.3 Å². The third kappa shape index (κ3) is 3.62. The molecule has 5 aromatic carbocycles. The van der Waals surface area contributed by atoms with E-state index in [1.165, 1.54) is 11.0 Å². The molecule has 8 heteroatoms. The zero-order chi connectivity index (χ0) is 30.2. The average Bonchev–Trinajstić information content (AvgIpc) is 3.31. The SMILES string of the molecule is O=C(N/N=C\C12c3ccccc3C(c3ccccc31)[C@H]1C(=O)N(c3ccc(Cl)cc3Cl)C(=O)[C@H]12)c1cccc2ccccc12. The maximum absolute atomic E-state index is 14.5. The lowest BCUT2D eigenvalue weighted by Crippen LogP contribution is -2.54. The lowest BCUT2D eigenvalue weighted by Gasteiger charge is -2.52. The average molecular weight is 617 g/mol. The second kappa shape index (κ2) is 9.88. The fraction of sp³-hybridized carbons (Fsp3) is 0.111. The molecule has 9 rings (SSSR count). The monoisotopic (exact) mass is 615 g/mol. The third-order valence-corrected chi connectivity index (χ3v) is 9.84. The minimum atomic E-state index is -1.13. The Morgan fingerprint density at radius 2 is 1.45 bits per heavy atom. The van der Waals surface area contributed by atoms with E-state index >= 15 is 0 Å². The number of nitrogens with zero attached hydrogens (tertiary/aromatic N) is 2. The number of halogens is 2. The van der Waals surface area contributed by atoms with Gasteiger partial charge in [-0.15, -0.1) is 0 Å². The summed E-state index contributed by atoms with van der Waals surface area (Å²) in [7, 11) is 0. The van der Waals surface area contributed by atoms with Gasteiger partial charge in [-0.3, -0.25) is 14.4 Å². The van der Waals surface area contributed by atoms with Crippen LogP contribution in [0.25, 0.3) is 10.8 Å². The highest BCUT2D eigenvalue weighted by molar-refractivity contribution is 6.38. The molecule has 6 nitrogen and oxygen atoms in total. The van der Waals surface area contributed by atoms with E-state index in [0.717, 1.165) is 33.0 Å². The van der Waals surface area contributed by atoms with Gasteiger partial charge in [-0.05, 0) is 57.3 Å². The van der Waals surface area contributed by atoms with Crippen LogP contribution in [-0.2, 0) is 15.0 Å². The van der Waals surface area contributed by atoms with Crippen molar-refractivity contribution in [2.24, 2.45) is 16.9 Å². The fourth-order valence-corrected chi connectivity index (χ4v) is 8.12. The Balaban J connectivity index is 1.29. The van der Waals surface area contributed by atoms with Gasteiger partial charge in [0.25, 0.3) is 5.91 Å². The number of nitrogens with one attached hydrogen (secondary N) is 1. The zero-order valence-electron chi connectivity index (χ0n) is 23.1. The molecule has 5 aromatic rings. The molecule has 1 aliphatic heterocycles. The zero-order valence-corrected chi connectivity index (χ0v) is 24.6. The first-order valence-corrected chi connectivity index (χ1v) is 15.0. The van der Waals surface area contributed by atoms with E-state index in [1.54, 1.807) is 24.4 Å². The van der Waals surface area contributed by atoms with Crippen LogP contribution in [0.3, 0.4) is 0 Å². The smallest absolute Gasteiger partial charge is 0.271 e. The normalized spacial score (nSPS) is 23.1. The van der Waals surface area contributed by atoms with Gasteiger partial charge in [0.1, 0.15) is 0 Å². The van der Waals surface area contributed by atoms with Crippen LogP contribution in [0.2, 0.25) is 10.0 Å². The fourth-order valence-electron chi connectivity index (χ4n) is 7.63. The van der Waals surface area contributed by atoms with E-state index in [2.05, 4.69) is 10.5 Å². The predicted octanol–water partition coefficient (Wildman–Crippen LogP) is 7.11. The maximum Gasteiger partial charge on any atom is 0.271 e. The Bertz CT molecular complexity index is 2040. The van der Waals surface area contributed by atoms with Gasteiger partial charge in [-0.1, -0.05) is 108 Å². The molecule has 0 radical (unpaired) electrons. The minimum Gasteiger partial charge on any atom is -0.274 e. The summed E-state index contributed by atoms with van der Waals surface area (Å²) in [5.74, 6) is -2.91. The quantitative estimate of drug-likeness (QED) is 0.133. The molecule has 44 heavy (non-hydrogen) atoms. The summed E-state index contributed by atoms with van der Waals surface area (Å²) >= 11 is 12.7. The minimum absolute atomic E-state index is 0.213. The van der Waals surface area contributed by atoms with E-state index in [-0.39, 0.29) is 28.7 Å². The summed E-state index contributed by atoms with van der Waals surface area (Å²) in [6, 6.07) is 33.7. The highest BCUT2D eigenvalue weighted by Crippen LogP contribution is 2.63. The number of carbonyl (C=O) groups is 3.